The number of ether oxygens (including phenoxy) is 1. The van der Waals surface area contributed by atoms with E-state index in [2.05, 4.69) is 15.5 Å². The van der Waals surface area contributed by atoms with Gasteiger partial charge in [-0.2, -0.15) is 4.68 Å². The lowest BCUT2D eigenvalue weighted by atomic mass is 10.3. The molecule has 1 heterocycles. The zero-order valence-electron chi connectivity index (χ0n) is 12.3. The number of hydrogen-bond donors (Lipinski definition) is 0. The summed E-state index contributed by atoms with van der Waals surface area (Å²) in [4.78, 5) is 1.97. The van der Waals surface area contributed by atoms with Crippen LogP contribution >= 0.6 is 0 Å². The molecular weight excluding hydrogens is 278 g/mol. The Kier molecular flexibility index (Phi) is 4.29. The van der Waals surface area contributed by atoms with Crippen molar-refractivity contribution < 1.29 is 4.74 Å². The van der Waals surface area contributed by atoms with Gasteiger partial charge in [-0.1, -0.05) is 41.5 Å². The minimum Gasteiger partial charge on any atom is -0.492 e. The Balaban J connectivity index is 1.64. The summed E-state index contributed by atoms with van der Waals surface area (Å²) in [7, 11) is 1.94. The van der Waals surface area contributed by atoms with Crippen molar-refractivity contribution in [1.29, 1.82) is 0 Å². The Morgan fingerprint density at radius 3 is 2.41 bits per heavy atom. The van der Waals surface area contributed by atoms with Gasteiger partial charge in [0, 0.05) is 7.05 Å². The average Bonchev–Trinajstić information content (AvgIpc) is 3.06. The van der Waals surface area contributed by atoms with Crippen molar-refractivity contribution in [3.05, 3.63) is 60.7 Å². The van der Waals surface area contributed by atoms with Crippen LogP contribution in [0, 0.1) is 0 Å². The van der Waals surface area contributed by atoms with E-state index in [1.165, 1.54) is 0 Å². The second kappa shape index (κ2) is 6.71. The highest BCUT2D eigenvalue weighted by Gasteiger charge is 2.12. The molecule has 0 aliphatic carbocycles. The maximum atomic E-state index is 5.70. The van der Waals surface area contributed by atoms with Gasteiger partial charge in [-0.05, 0) is 34.7 Å². The fourth-order valence-electron chi connectivity index (χ4n) is 2.07. The van der Waals surface area contributed by atoms with Crippen molar-refractivity contribution in [3.63, 3.8) is 0 Å². The Labute approximate surface area is 128 Å². The lowest BCUT2D eigenvalue weighted by Crippen LogP contribution is -2.26. The predicted octanol–water partition coefficient (Wildman–Crippen LogP) is 2.18. The molecule has 6 heteroatoms. The number of anilines is 1. The molecule has 0 N–H and O–H groups in total. The number of benzene rings is 2. The molecule has 22 heavy (non-hydrogen) atoms. The van der Waals surface area contributed by atoms with Crippen molar-refractivity contribution in [2.75, 3.05) is 25.1 Å². The molecule has 0 amide bonds. The Bertz CT molecular complexity index is 699. The van der Waals surface area contributed by atoms with E-state index in [9.17, 15) is 0 Å². The van der Waals surface area contributed by atoms with Gasteiger partial charge in [-0.3, -0.25) is 0 Å². The first-order valence-corrected chi connectivity index (χ1v) is 7.07. The van der Waals surface area contributed by atoms with Gasteiger partial charge in [0.2, 0.25) is 5.95 Å². The lowest BCUT2D eigenvalue weighted by Gasteiger charge is -2.17. The van der Waals surface area contributed by atoms with Crippen molar-refractivity contribution in [2.45, 2.75) is 0 Å². The molecular formula is C16H17N5O. The fourth-order valence-corrected chi connectivity index (χ4v) is 2.07. The highest BCUT2D eigenvalue weighted by Crippen LogP contribution is 2.14. The summed E-state index contributed by atoms with van der Waals surface area (Å²) in [5, 5.41) is 11.9. The minimum absolute atomic E-state index is 0.558. The summed E-state index contributed by atoms with van der Waals surface area (Å²) < 4.78 is 7.41. The summed E-state index contributed by atoms with van der Waals surface area (Å²) >= 11 is 0. The van der Waals surface area contributed by atoms with Crippen molar-refractivity contribution in [1.82, 2.24) is 20.2 Å². The van der Waals surface area contributed by atoms with E-state index >= 15 is 0 Å². The molecule has 1 aromatic heterocycles. The first-order chi connectivity index (χ1) is 10.8. The van der Waals surface area contributed by atoms with Gasteiger partial charge in [-0.15, -0.1) is 0 Å². The van der Waals surface area contributed by atoms with Gasteiger partial charge >= 0.3 is 0 Å². The summed E-state index contributed by atoms with van der Waals surface area (Å²) in [5.41, 5.74) is 0.929. The SMILES string of the molecule is CN(CCOc1ccccc1)c1nnnn1-c1ccccc1. The highest BCUT2D eigenvalue weighted by molar-refractivity contribution is 5.39. The van der Waals surface area contributed by atoms with E-state index in [4.69, 9.17) is 4.74 Å². The summed E-state index contributed by atoms with van der Waals surface area (Å²) in [6.07, 6.45) is 0. The number of aromatic nitrogens is 4. The quantitative estimate of drug-likeness (QED) is 0.697. The molecule has 0 saturated carbocycles. The summed E-state index contributed by atoms with van der Waals surface area (Å²) in [6.45, 7) is 1.24. The van der Waals surface area contributed by atoms with Crippen LogP contribution in [0.3, 0.4) is 0 Å². The lowest BCUT2D eigenvalue weighted by molar-refractivity contribution is 0.325. The van der Waals surface area contributed by atoms with Crippen LogP contribution in [0.5, 0.6) is 5.75 Å². The van der Waals surface area contributed by atoms with Crippen molar-refractivity contribution in [2.24, 2.45) is 0 Å². The molecule has 0 fully saturated rings. The van der Waals surface area contributed by atoms with Crippen LogP contribution in [0.15, 0.2) is 60.7 Å². The smallest absolute Gasteiger partial charge is 0.250 e. The molecule has 0 bridgehead atoms. The van der Waals surface area contributed by atoms with Gasteiger partial charge in [0.15, 0.2) is 0 Å². The number of para-hydroxylation sites is 2. The standard InChI is InChI=1S/C16H17N5O/c1-20(12-13-22-15-10-6-3-7-11-15)16-17-18-19-21(16)14-8-4-2-5-9-14/h2-11H,12-13H2,1H3. The van der Waals surface area contributed by atoms with E-state index in [1.807, 2.05) is 72.6 Å². The third kappa shape index (κ3) is 3.22. The number of likely N-dealkylation sites (N-methyl/N-ethyl adjacent to an activating group) is 1. The third-order valence-corrected chi connectivity index (χ3v) is 3.23. The monoisotopic (exact) mass is 295 g/mol. The third-order valence-electron chi connectivity index (χ3n) is 3.23. The molecule has 0 atom stereocenters. The van der Waals surface area contributed by atoms with Crippen LogP contribution in [0.2, 0.25) is 0 Å². The topological polar surface area (TPSA) is 56.1 Å². The van der Waals surface area contributed by atoms with E-state index < -0.39 is 0 Å². The molecule has 0 unspecified atom stereocenters. The zero-order valence-corrected chi connectivity index (χ0v) is 12.3. The zero-order chi connectivity index (χ0) is 15.2. The summed E-state index contributed by atoms with van der Waals surface area (Å²) in [6, 6.07) is 19.6. The van der Waals surface area contributed by atoms with Gasteiger partial charge in [0.05, 0.1) is 12.2 Å². The molecule has 3 rings (SSSR count). The van der Waals surface area contributed by atoms with Crippen LogP contribution in [0.1, 0.15) is 0 Å². The number of hydrogen-bond acceptors (Lipinski definition) is 5. The van der Waals surface area contributed by atoms with Gasteiger partial charge in [0.25, 0.3) is 0 Å². The van der Waals surface area contributed by atoms with Crippen LogP contribution in [-0.2, 0) is 0 Å². The van der Waals surface area contributed by atoms with Gasteiger partial charge in [-0.25, -0.2) is 0 Å². The second-order valence-electron chi connectivity index (χ2n) is 4.81. The molecule has 0 spiro atoms. The Hall–Kier alpha value is -2.89. The Morgan fingerprint density at radius 1 is 1.00 bits per heavy atom. The fraction of sp³-hybridized carbons (Fsp3) is 0.188. The summed E-state index contributed by atoms with van der Waals surface area (Å²) in [5.74, 6) is 1.54. The molecule has 0 aliphatic rings. The first-order valence-electron chi connectivity index (χ1n) is 7.07. The number of nitrogens with zero attached hydrogens (tertiary/aromatic N) is 5. The highest BCUT2D eigenvalue weighted by atomic mass is 16.5. The Morgan fingerprint density at radius 2 is 1.68 bits per heavy atom. The average molecular weight is 295 g/mol. The van der Waals surface area contributed by atoms with E-state index in [0.29, 0.717) is 19.1 Å². The second-order valence-corrected chi connectivity index (χ2v) is 4.81. The van der Waals surface area contributed by atoms with Crippen LogP contribution in [0.4, 0.5) is 5.95 Å². The minimum atomic E-state index is 0.558. The molecule has 3 aromatic rings. The van der Waals surface area contributed by atoms with Crippen molar-refractivity contribution in [3.8, 4) is 11.4 Å². The number of tetrazole rings is 1. The molecule has 0 saturated heterocycles. The van der Waals surface area contributed by atoms with Crippen LogP contribution in [-0.4, -0.2) is 40.4 Å². The van der Waals surface area contributed by atoms with Crippen molar-refractivity contribution >= 4 is 5.95 Å². The van der Waals surface area contributed by atoms with Crippen LogP contribution < -0.4 is 9.64 Å². The first kappa shape index (κ1) is 14.1. The maximum absolute atomic E-state index is 5.70. The predicted molar refractivity (Wildman–Crippen MR) is 84.4 cm³/mol. The molecule has 112 valence electrons. The van der Waals surface area contributed by atoms with Gasteiger partial charge < -0.3 is 9.64 Å². The molecule has 0 aliphatic heterocycles. The largest absolute Gasteiger partial charge is 0.492 e. The normalized spacial score (nSPS) is 10.4. The maximum Gasteiger partial charge on any atom is 0.250 e. The van der Waals surface area contributed by atoms with E-state index in [-0.39, 0.29) is 0 Å². The molecule has 2 aromatic carbocycles. The van der Waals surface area contributed by atoms with Crippen LogP contribution in [0.25, 0.3) is 5.69 Å². The molecule has 0 radical (unpaired) electrons. The van der Waals surface area contributed by atoms with E-state index in [0.717, 1.165) is 11.4 Å². The number of rotatable bonds is 6. The molecule has 6 nitrogen and oxygen atoms in total. The van der Waals surface area contributed by atoms with Gasteiger partial charge in [0.1, 0.15) is 12.4 Å². The van der Waals surface area contributed by atoms with E-state index in [1.54, 1.807) is 4.68 Å².